The Balaban J connectivity index is 1.52. The first-order valence-electron chi connectivity index (χ1n) is 9.42. The average Bonchev–Trinajstić information content (AvgIpc) is 3.46. The lowest BCUT2D eigenvalue weighted by molar-refractivity contribution is -0.149. The molecule has 1 fully saturated rings. The third kappa shape index (κ3) is 5.57. The number of benzene rings is 1. The fraction of sp³-hybridized carbons (Fsp3) is 0.381. The Labute approximate surface area is 173 Å². The molecule has 154 valence electrons. The molecule has 0 saturated heterocycles. The van der Waals surface area contributed by atoms with Crippen LogP contribution in [0.3, 0.4) is 0 Å². The Kier molecular flexibility index (Phi) is 6.87. The fourth-order valence-corrected chi connectivity index (χ4v) is 3.82. The summed E-state index contributed by atoms with van der Waals surface area (Å²) in [6.07, 6.45) is 2.05. The van der Waals surface area contributed by atoms with Gasteiger partial charge in [0.25, 0.3) is 5.91 Å². The van der Waals surface area contributed by atoms with Gasteiger partial charge < -0.3 is 19.5 Å². The molecule has 8 heteroatoms. The summed E-state index contributed by atoms with van der Waals surface area (Å²) in [7, 11) is 0. The zero-order valence-electron chi connectivity index (χ0n) is 16.4. The highest BCUT2D eigenvalue weighted by Gasteiger charge is 2.32. The first kappa shape index (κ1) is 20.9. The number of hydrogen-bond donors (Lipinski definition) is 1. The Hall–Kier alpha value is -2.87. The van der Waals surface area contributed by atoms with Crippen molar-refractivity contribution in [2.24, 2.45) is 0 Å². The summed E-state index contributed by atoms with van der Waals surface area (Å²) in [5.74, 6) is -0.704. The van der Waals surface area contributed by atoms with Gasteiger partial charge in [0, 0.05) is 0 Å². The molecule has 7 nitrogen and oxygen atoms in total. The molecule has 1 saturated carbocycles. The van der Waals surface area contributed by atoms with Crippen LogP contribution in [0.2, 0.25) is 0 Å². The SMILES string of the molecule is CCOC(=O)c1c(C2CC2)csc1NC(=O)COC(=O)COc1ccccc1C. The van der Waals surface area contributed by atoms with Crippen molar-refractivity contribution < 1.29 is 28.6 Å². The molecule has 0 aliphatic heterocycles. The minimum atomic E-state index is -0.654. The summed E-state index contributed by atoms with van der Waals surface area (Å²) < 4.78 is 15.5. The van der Waals surface area contributed by atoms with E-state index >= 15 is 0 Å². The number of aryl methyl sites for hydroxylation is 1. The van der Waals surface area contributed by atoms with E-state index in [4.69, 9.17) is 14.2 Å². The summed E-state index contributed by atoms with van der Waals surface area (Å²) in [6, 6.07) is 7.29. The summed E-state index contributed by atoms with van der Waals surface area (Å²) in [5.41, 5.74) is 2.21. The largest absolute Gasteiger partial charge is 0.482 e. The molecule has 0 radical (unpaired) electrons. The molecule has 1 amide bonds. The van der Waals surface area contributed by atoms with Crippen LogP contribution < -0.4 is 10.1 Å². The van der Waals surface area contributed by atoms with E-state index in [1.807, 2.05) is 24.4 Å². The van der Waals surface area contributed by atoms with Crippen molar-refractivity contribution in [1.82, 2.24) is 0 Å². The monoisotopic (exact) mass is 417 g/mol. The molecule has 0 spiro atoms. The number of thiophene rings is 1. The molecular weight excluding hydrogens is 394 g/mol. The van der Waals surface area contributed by atoms with Gasteiger partial charge in [-0.05, 0) is 55.2 Å². The molecule has 1 aromatic heterocycles. The van der Waals surface area contributed by atoms with Crippen LogP contribution in [0.4, 0.5) is 5.00 Å². The first-order valence-corrected chi connectivity index (χ1v) is 10.3. The molecule has 3 rings (SSSR count). The van der Waals surface area contributed by atoms with Crippen molar-refractivity contribution in [2.75, 3.05) is 25.1 Å². The minimum Gasteiger partial charge on any atom is -0.482 e. The number of nitrogens with one attached hydrogen (secondary N) is 1. The van der Waals surface area contributed by atoms with Gasteiger partial charge in [0.05, 0.1) is 12.2 Å². The van der Waals surface area contributed by atoms with Crippen molar-refractivity contribution in [2.45, 2.75) is 32.6 Å². The van der Waals surface area contributed by atoms with Crippen LogP contribution in [0.5, 0.6) is 5.75 Å². The maximum Gasteiger partial charge on any atom is 0.344 e. The summed E-state index contributed by atoms with van der Waals surface area (Å²) >= 11 is 1.27. The molecule has 29 heavy (non-hydrogen) atoms. The molecule has 1 N–H and O–H groups in total. The molecule has 1 heterocycles. The zero-order chi connectivity index (χ0) is 20.8. The van der Waals surface area contributed by atoms with Crippen LogP contribution in [0.1, 0.15) is 47.2 Å². The second kappa shape index (κ2) is 9.56. The molecular formula is C21H23NO6S. The second-order valence-electron chi connectivity index (χ2n) is 6.65. The number of esters is 2. The third-order valence-electron chi connectivity index (χ3n) is 4.37. The van der Waals surface area contributed by atoms with Crippen LogP contribution in [-0.2, 0) is 19.1 Å². The van der Waals surface area contributed by atoms with Gasteiger partial charge in [-0.15, -0.1) is 11.3 Å². The highest BCUT2D eigenvalue weighted by atomic mass is 32.1. The topological polar surface area (TPSA) is 90.9 Å². The highest BCUT2D eigenvalue weighted by molar-refractivity contribution is 7.15. The maximum atomic E-state index is 12.3. The van der Waals surface area contributed by atoms with Gasteiger partial charge in [-0.3, -0.25) is 4.79 Å². The lowest BCUT2D eigenvalue weighted by Gasteiger charge is -2.10. The van der Waals surface area contributed by atoms with E-state index in [0.717, 1.165) is 24.0 Å². The predicted molar refractivity (Wildman–Crippen MR) is 109 cm³/mol. The molecule has 1 aliphatic carbocycles. The number of carbonyl (C=O) groups excluding carboxylic acids is 3. The van der Waals surface area contributed by atoms with Crippen molar-refractivity contribution in [3.8, 4) is 5.75 Å². The van der Waals surface area contributed by atoms with Gasteiger partial charge in [-0.1, -0.05) is 18.2 Å². The quantitative estimate of drug-likeness (QED) is 0.626. The van der Waals surface area contributed by atoms with E-state index in [2.05, 4.69) is 5.32 Å². The average molecular weight is 417 g/mol. The maximum absolute atomic E-state index is 12.3. The number of hydrogen-bond acceptors (Lipinski definition) is 7. The number of anilines is 1. The van der Waals surface area contributed by atoms with E-state index in [9.17, 15) is 14.4 Å². The molecule has 0 bridgehead atoms. The van der Waals surface area contributed by atoms with Gasteiger partial charge >= 0.3 is 11.9 Å². The van der Waals surface area contributed by atoms with E-state index < -0.39 is 24.5 Å². The van der Waals surface area contributed by atoms with Gasteiger partial charge in [0.1, 0.15) is 10.8 Å². The Bertz CT molecular complexity index is 902. The Morgan fingerprint density at radius 1 is 1.14 bits per heavy atom. The number of carbonyl (C=O) groups is 3. The third-order valence-corrected chi connectivity index (χ3v) is 5.29. The summed E-state index contributed by atoms with van der Waals surface area (Å²) in [5, 5.41) is 4.95. The zero-order valence-corrected chi connectivity index (χ0v) is 17.2. The predicted octanol–water partition coefficient (Wildman–Crippen LogP) is 3.67. The number of ether oxygens (including phenoxy) is 3. The van der Waals surface area contributed by atoms with Gasteiger partial charge in [-0.25, -0.2) is 9.59 Å². The normalized spacial score (nSPS) is 12.9. The number of amides is 1. The van der Waals surface area contributed by atoms with Gasteiger partial charge in [0.15, 0.2) is 13.2 Å². The minimum absolute atomic E-state index is 0.255. The Morgan fingerprint density at radius 3 is 2.59 bits per heavy atom. The smallest absolute Gasteiger partial charge is 0.344 e. The lowest BCUT2D eigenvalue weighted by Crippen LogP contribution is -2.24. The van der Waals surface area contributed by atoms with Crippen molar-refractivity contribution in [1.29, 1.82) is 0 Å². The molecule has 2 aromatic rings. The van der Waals surface area contributed by atoms with Gasteiger partial charge in [-0.2, -0.15) is 0 Å². The highest BCUT2D eigenvalue weighted by Crippen LogP contribution is 2.46. The van der Waals surface area contributed by atoms with Crippen LogP contribution in [0, 0.1) is 6.92 Å². The molecule has 0 unspecified atom stereocenters. The molecule has 0 atom stereocenters. The van der Waals surface area contributed by atoms with E-state index in [0.29, 0.717) is 22.2 Å². The van der Waals surface area contributed by atoms with Crippen molar-refractivity contribution >= 4 is 34.2 Å². The summed E-state index contributed by atoms with van der Waals surface area (Å²) in [4.78, 5) is 36.4. The van der Waals surface area contributed by atoms with Crippen LogP contribution in [0.15, 0.2) is 29.6 Å². The number of para-hydroxylation sites is 1. The Morgan fingerprint density at radius 2 is 1.90 bits per heavy atom. The van der Waals surface area contributed by atoms with E-state index in [1.165, 1.54) is 11.3 Å². The second-order valence-corrected chi connectivity index (χ2v) is 7.53. The van der Waals surface area contributed by atoms with Gasteiger partial charge in [0.2, 0.25) is 0 Å². The van der Waals surface area contributed by atoms with Crippen LogP contribution >= 0.6 is 11.3 Å². The van der Waals surface area contributed by atoms with E-state index in [1.54, 1.807) is 19.1 Å². The lowest BCUT2D eigenvalue weighted by atomic mass is 10.1. The standard InChI is InChI=1S/C21H23NO6S/c1-3-26-21(25)19-15(14-8-9-14)12-29-20(19)22-17(23)10-28-18(24)11-27-16-7-5-4-6-13(16)2/h4-7,12,14H,3,8-11H2,1-2H3,(H,22,23). The van der Waals surface area contributed by atoms with E-state index in [-0.39, 0.29) is 13.2 Å². The van der Waals surface area contributed by atoms with Crippen molar-refractivity contribution in [3.05, 3.63) is 46.3 Å². The first-order chi connectivity index (χ1) is 14.0. The molecule has 1 aromatic carbocycles. The van der Waals surface area contributed by atoms with Crippen LogP contribution in [-0.4, -0.2) is 37.7 Å². The number of rotatable bonds is 9. The van der Waals surface area contributed by atoms with Crippen molar-refractivity contribution in [3.63, 3.8) is 0 Å². The molecule has 1 aliphatic rings. The van der Waals surface area contributed by atoms with Crippen LogP contribution in [0.25, 0.3) is 0 Å². The summed E-state index contributed by atoms with van der Waals surface area (Å²) in [6.45, 7) is 3.10. The fourth-order valence-electron chi connectivity index (χ4n) is 2.78.